The molecule has 0 aromatic heterocycles. The first-order chi connectivity index (χ1) is 10.7. The summed E-state index contributed by atoms with van der Waals surface area (Å²) in [7, 11) is 0. The second-order valence-electron chi connectivity index (χ2n) is 5.88. The molecule has 1 fully saturated rings. The van der Waals surface area contributed by atoms with E-state index in [1.165, 1.54) is 6.07 Å². The molecule has 2 rings (SSSR count). The molecule has 0 bridgehead atoms. The van der Waals surface area contributed by atoms with Gasteiger partial charge in [-0.05, 0) is 48.4 Å². The van der Waals surface area contributed by atoms with Crippen LogP contribution in [0.2, 0.25) is 5.02 Å². The molecule has 0 spiro atoms. The Labute approximate surface area is 142 Å². The van der Waals surface area contributed by atoms with Crippen LogP contribution in [0.1, 0.15) is 54.7 Å². The largest absolute Gasteiger partial charge is 0.480 e. The van der Waals surface area contributed by atoms with Gasteiger partial charge in [0.1, 0.15) is 5.38 Å². The molecule has 7 heteroatoms. The zero-order valence-electron chi connectivity index (χ0n) is 12.3. The molecule has 0 radical (unpaired) electrons. The number of hydrogen-bond donors (Lipinski definition) is 1. The lowest BCUT2D eigenvalue weighted by atomic mass is 9.81. The van der Waals surface area contributed by atoms with Crippen molar-refractivity contribution < 1.29 is 23.1 Å². The number of aliphatic carboxylic acids is 1. The Morgan fingerprint density at radius 2 is 1.87 bits per heavy atom. The van der Waals surface area contributed by atoms with E-state index in [9.17, 15) is 18.0 Å². The normalized spacial score (nSPS) is 18.0. The Balaban J connectivity index is 2.43. The van der Waals surface area contributed by atoms with E-state index in [1.807, 2.05) is 0 Å². The molecule has 2 nitrogen and oxygen atoms in total. The predicted octanol–water partition coefficient (Wildman–Crippen LogP) is 5.64. The van der Waals surface area contributed by atoms with Crippen molar-refractivity contribution in [2.45, 2.75) is 56.0 Å². The van der Waals surface area contributed by atoms with Gasteiger partial charge in [-0.15, -0.1) is 11.6 Å². The predicted molar refractivity (Wildman–Crippen MR) is 83.3 cm³/mol. The average Bonchev–Trinajstić information content (AvgIpc) is 2.46. The lowest BCUT2D eigenvalue weighted by molar-refractivity contribution is -0.138. The molecule has 1 aliphatic carbocycles. The van der Waals surface area contributed by atoms with E-state index in [4.69, 9.17) is 28.3 Å². The minimum atomic E-state index is -4.53. The molecule has 1 saturated carbocycles. The number of hydrogen-bond acceptors (Lipinski definition) is 1. The molecule has 128 valence electrons. The van der Waals surface area contributed by atoms with Crippen LogP contribution in [0.15, 0.2) is 12.1 Å². The van der Waals surface area contributed by atoms with Crippen molar-refractivity contribution >= 4 is 29.2 Å². The summed E-state index contributed by atoms with van der Waals surface area (Å²) in [5.41, 5.74) is -0.436. The van der Waals surface area contributed by atoms with E-state index in [1.54, 1.807) is 0 Å². The number of alkyl halides is 4. The summed E-state index contributed by atoms with van der Waals surface area (Å²) in [5, 5.41) is 7.58. The number of rotatable bonds is 4. The number of halogens is 5. The molecule has 0 heterocycles. The van der Waals surface area contributed by atoms with Crippen molar-refractivity contribution in [3.8, 4) is 0 Å². The minimum absolute atomic E-state index is 0.0518. The second kappa shape index (κ2) is 7.31. The molecule has 1 aromatic carbocycles. The van der Waals surface area contributed by atoms with Gasteiger partial charge < -0.3 is 5.11 Å². The summed E-state index contributed by atoms with van der Waals surface area (Å²) in [4.78, 5) is 10.8. The minimum Gasteiger partial charge on any atom is -0.480 e. The second-order valence-corrected chi connectivity index (χ2v) is 6.82. The van der Waals surface area contributed by atoms with Crippen LogP contribution >= 0.6 is 23.2 Å². The van der Waals surface area contributed by atoms with E-state index >= 15 is 0 Å². The van der Waals surface area contributed by atoms with Crippen molar-refractivity contribution in [3.63, 3.8) is 0 Å². The summed E-state index contributed by atoms with van der Waals surface area (Å²) in [6.07, 6.45) is -0.543. The Morgan fingerprint density at radius 3 is 2.39 bits per heavy atom. The van der Waals surface area contributed by atoms with Gasteiger partial charge in [0, 0.05) is 5.02 Å². The highest BCUT2D eigenvalue weighted by atomic mass is 35.5. The van der Waals surface area contributed by atoms with Gasteiger partial charge >= 0.3 is 12.1 Å². The van der Waals surface area contributed by atoms with Crippen molar-refractivity contribution in [3.05, 3.63) is 33.8 Å². The molecular weight excluding hydrogens is 352 g/mol. The third kappa shape index (κ3) is 4.54. The van der Waals surface area contributed by atoms with Crippen LogP contribution in [-0.4, -0.2) is 16.5 Å². The molecule has 1 unspecified atom stereocenters. The van der Waals surface area contributed by atoms with Gasteiger partial charge in [-0.2, -0.15) is 13.2 Å². The van der Waals surface area contributed by atoms with Gasteiger partial charge in [-0.3, -0.25) is 4.79 Å². The molecule has 0 saturated heterocycles. The molecule has 23 heavy (non-hydrogen) atoms. The third-order valence-electron chi connectivity index (χ3n) is 4.19. The summed E-state index contributed by atoms with van der Waals surface area (Å²) >= 11 is 11.8. The third-order valence-corrected chi connectivity index (χ3v) is 4.84. The highest BCUT2D eigenvalue weighted by Crippen LogP contribution is 2.44. The summed E-state index contributed by atoms with van der Waals surface area (Å²) in [6, 6.07) is 2.41. The van der Waals surface area contributed by atoms with E-state index in [2.05, 4.69) is 0 Å². The van der Waals surface area contributed by atoms with Gasteiger partial charge in [0.15, 0.2) is 0 Å². The van der Waals surface area contributed by atoms with Gasteiger partial charge in [-0.1, -0.05) is 30.9 Å². The quantitative estimate of drug-likeness (QED) is 0.698. The summed E-state index contributed by atoms with van der Waals surface area (Å²) < 4.78 is 40.4. The zero-order chi connectivity index (χ0) is 17.2. The highest BCUT2D eigenvalue weighted by Gasteiger charge is 2.37. The van der Waals surface area contributed by atoms with Gasteiger partial charge in [0.25, 0.3) is 0 Å². The van der Waals surface area contributed by atoms with Gasteiger partial charge in [0.05, 0.1) is 5.56 Å². The van der Waals surface area contributed by atoms with Crippen LogP contribution in [0.5, 0.6) is 0 Å². The molecule has 1 atom stereocenters. The van der Waals surface area contributed by atoms with Crippen LogP contribution < -0.4 is 0 Å². The van der Waals surface area contributed by atoms with Crippen molar-refractivity contribution in [1.82, 2.24) is 0 Å². The Kier molecular flexibility index (Phi) is 5.84. The first-order valence-corrected chi connectivity index (χ1v) is 8.28. The van der Waals surface area contributed by atoms with E-state index in [0.717, 1.165) is 25.3 Å². The van der Waals surface area contributed by atoms with Crippen LogP contribution in [0.25, 0.3) is 0 Å². The van der Waals surface area contributed by atoms with Gasteiger partial charge in [0.2, 0.25) is 0 Å². The Bertz CT molecular complexity index is 581. The van der Waals surface area contributed by atoms with Crippen molar-refractivity contribution in [2.75, 3.05) is 0 Å². The molecule has 0 aliphatic heterocycles. The molecule has 1 aromatic rings. The Hall–Kier alpha value is -0.940. The standard InChI is InChI=1S/C16H17Cl2F3O2/c17-12-7-9(8-13(18)15(22)23)6-11(16(19,20)21)14(12)10-4-2-1-3-5-10/h6-7,10,13H,1-5,8H2,(H,22,23). The number of carboxylic acid groups (broad SMARTS) is 1. The Morgan fingerprint density at radius 1 is 1.26 bits per heavy atom. The first-order valence-electron chi connectivity index (χ1n) is 7.46. The fourth-order valence-corrected chi connectivity index (χ4v) is 3.70. The van der Waals surface area contributed by atoms with Crippen LogP contribution in [0.4, 0.5) is 13.2 Å². The molecule has 0 amide bonds. The van der Waals surface area contributed by atoms with Crippen LogP contribution in [0, 0.1) is 0 Å². The summed E-state index contributed by atoms with van der Waals surface area (Å²) in [5.74, 6) is -1.47. The topological polar surface area (TPSA) is 37.3 Å². The maximum atomic E-state index is 13.5. The monoisotopic (exact) mass is 368 g/mol. The maximum absolute atomic E-state index is 13.5. The van der Waals surface area contributed by atoms with Crippen LogP contribution in [0.3, 0.4) is 0 Å². The van der Waals surface area contributed by atoms with E-state index < -0.39 is 23.1 Å². The van der Waals surface area contributed by atoms with E-state index in [0.29, 0.717) is 12.8 Å². The SMILES string of the molecule is O=C(O)C(Cl)Cc1cc(Cl)c(C2CCCCC2)c(C(F)(F)F)c1. The fraction of sp³-hybridized carbons (Fsp3) is 0.562. The molecular formula is C16H17Cl2F3O2. The average molecular weight is 369 g/mol. The smallest absolute Gasteiger partial charge is 0.416 e. The highest BCUT2D eigenvalue weighted by molar-refractivity contribution is 6.32. The number of carbonyl (C=O) groups is 1. The summed E-state index contributed by atoms with van der Waals surface area (Å²) in [6.45, 7) is 0. The van der Waals surface area contributed by atoms with Crippen LogP contribution in [-0.2, 0) is 17.4 Å². The van der Waals surface area contributed by atoms with E-state index in [-0.39, 0.29) is 28.5 Å². The maximum Gasteiger partial charge on any atom is 0.416 e. The number of benzene rings is 1. The lowest BCUT2D eigenvalue weighted by Crippen LogP contribution is -2.18. The first kappa shape index (κ1) is 18.4. The van der Waals surface area contributed by atoms with Gasteiger partial charge in [-0.25, -0.2) is 0 Å². The zero-order valence-corrected chi connectivity index (χ0v) is 13.8. The van der Waals surface area contributed by atoms with Crippen molar-refractivity contribution in [2.24, 2.45) is 0 Å². The fourth-order valence-electron chi connectivity index (χ4n) is 3.13. The lowest BCUT2D eigenvalue weighted by Gasteiger charge is -2.27. The number of carboxylic acids is 1. The molecule has 1 aliphatic rings. The van der Waals surface area contributed by atoms with Crippen molar-refractivity contribution in [1.29, 1.82) is 0 Å². The molecule has 1 N–H and O–H groups in total.